The number of amides is 2. The number of benzene rings is 2. The van der Waals surface area contributed by atoms with Crippen LogP contribution in [0, 0.1) is 17.2 Å². The molecule has 1 atom stereocenters. The first-order valence-electron chi connectivity index (χ1n) is 10.2. The predicted molar refractivity (Wildman–Crippen MR) is 118 cm³/mol. The second-order valence-electron chi connectivity index (χ2n) is 8.04. The van der Waals surface area contributed by atoms with Crippen molar-refractivity contribution in [2.75, 3.05) is 4.90 Å². The topological polar surface area (TPSA) is 78.2 Å². The first-order chi connectivity index (χ1) is 15.0. The van der Waals surface area contributed by atoms with Gasteiger partial charge in [-0.3, -0.25) is 14.4 Å². The summed E-state index contributed by atoms with van der Waals surface area (Å²) in [5, 5.41) is 10.2. The van der Waals surface area contributed by atoms with Crippen LogP contribution < -0.4 is 4.90 Å². The number of fused-ring (bicyclic) bond motifs is 2. The van der Waals surface area contributed by atoms with E-state index in [2.05, 4.69) is 13.0 Å². The van der Waals surface area contributed by atoms with Crippen molar-refractivity contribution < 1.29 is 14.4 Å². The number of anilines is 1. The molecule has 0 bridgehead atoms. The van der Waals surface area contributed by atoms with Crippen molar-refractivity contribution in [2.24, 2.45) is 5.92 Å². The Morgan fingerprint density at radius 2 is 1.81 bits per heavy atom. The number of thiophene rings is 1. The number of rotatable bonds is 3. The SMILES string of the molecule is C[C@H]1CCc2c(sc(N3C(=O)c4ccc(C(=O)c5ccccc5)cc4C3=O)c2C#N)C1. The number of hydrogen-bond donors (Lipinski definition) is 0. The number of carbonyl (C=O) groups is 3. The van der Waals surface area contributed by atoms with Gasteiger partial charge in [0.25, 0.3) is 11.8 Å². The number of imide groups is 1. The van der Waals surface area contributed by atoms with Crippen LogP contribution in [0.4, 0.5) is 5.00 Å². The third-order valence-electron chi connectivity index (χ3n) is 5.99. The van der Waals surface area contributed by atoms with Crippen LogP contribution in [0.25, 0.3) is 0 Å². The molecule has 31 heavy (non-hydrogen) atoms. The van der Waals surface area contributed by atoms with Crippen LogP contribution in [0.15, 0.2) is 48.5 Å². The van der Waals surface area contributed by atoms with E-state index >= 15 is 0 Å². The standard InChI is InChI=1S/C25H18N2O3S/c1-14-7-9-17-20(13-26)25(31-21(17)11-14)27-23(29)18-10-8-16(12-19(18)24(27)30)22(28)15-5-3-2-4-6-15/h2-6,8,10,12,14H,7,9,11H2,1H3/t14-/m0/s1. The highest BCUT2D eigenvalue weighted by molar-refractivity contribution is 7.17. The first-order valence-corrected chi connectivity index (χ1v) is 11.0. The lowest BCUT2D eigenvalue weighted by atomic mass is 9.88. The van der Waals surface area contributed by atoms with Crippen LogP contribution in [0.2, 0.25) is 0 Å². The number of nitriles is 1. The molecule has 0 radical (unpaired) electrons. The number of nitrogens with zero attached hydrogens (tertiary/aromatic N) is 2. The molecule has 0 saturated heterocycles. The molecule has 2 aliphatic rings. The van der Waals surface area contributed by atoms with E-state index in [1.807, 2.05) is 6.07 Å². The van der Waals surface area contributed by atoms with Gasteiger partial charge in [0.05, 0.1) is 16.7 Å². The van der Waals surface area contributed by atoms with Crippen molar-refractivity contribution in [1.29, 1.82) is 5.26 Å². The summed E-state index contributed by atoms with van der Waals surface area (Å²) >= 11 is 1.37. The highest BCUT2D eigenvalue weighted by Gasteiger charge is 2.40. The maximum absolute atomic E-state index is 13.3. The van der Waals surface area contributed by atoms with Crippen molar-refractivity contribution in [3.63, 3.8) is 0 Å². The number of carbonyl (C=O) groups excluding carboxylic acids is 3. The zero-order valence-electron chi connectivity index (χ0n) is 16.8. The second kappa shape index (κ2) is 7.29. The molecule has 0 fully saturated rings. The monoisotopic (exact) mass is 426 g/mol. The Morgan fingerprint density at radius 1 is 1.06 bits per heavy atom. The average Bonchev–Trinajstić information content (AvgIpc) is 3.26. The van der Waals surface area contributed by atoms with E-state index in [-0.39, 0.29) is 16.9 Å². The molecule has 1 aromatic heterocycles. The molecule has 3 aromatic rings. The zero-order valence-corrected chi connectivity index (χ0v) is 17.7. The molecule has 0 spiro atoms. The van der Waals surface area contributed by atoms with E-state index in [9.17, 15) is 19.6 Å². The van der Waals surface area contributed by atoms with Gasteiger partial charge in [0.1, 0.15) is 11.1 Å². The lowest BCUT2D eigenvalue weighted by Crippen LogP contribution is -2.29. The quantitative estimate of drug-likeness (QED) is 0.446. The van der Waals surface area contributed by atoms with Gasteiger partial charge in [0.15, 0.2) is 5.78 Å². The molecule has 0 saturated carbocycles. The molecule has 0 unspecified atom stereocenters. The van der Waals surface area contributed by atoms with Crippen molar-refractivity contribution >= 4 is 33.9 Å². The van der Waals surface area contributed by atoms with E-state index < -0.39 is 11.8 Å². The summed E-state index contributed by atoms with van der Waals surface area (Å²) in [6.07, 6.45) is 2.63. The van der Waals surface area contributed by atoms with Gasteiger partial charge in [-0.1, -0.05) is 43.3 Å². The van der Waals surface area contributed by atoms with E-state index in [0.717, 1.165) is 34.6 Å². The van der Waals surface area contributed by atoms with E-state index in [0.29, 0.717) is 27.6 Å². The Balaban J connectivity index is 1.55. The molecule has 5 rings (SSSR count). The van der Waals surface area contributed by atoms with Crippen LogP contribution in [0.1, 0.15) is 66.0 Å². The minimum absolute atomic E-state index is 0.204. The highest BCUT2D eigenvalue weighted by Crippen LogP contribution is 2.43. The van der Waals surface area contributed by atoms with Gasteiger partial charge < -0.3 is 0 Å². The Morgan fingerprint density at radius 3 is 2.55 bits per heavy atom. The first kappa shape index (κ1) is 19.4. The van der Waals surface area contributed by atoms with Crippen LogP contribution in [0.5, 0.6) is 0 Å². The fraction of sp³-hybridized carbons (Fsp3) is 0.200. The fourth-order valence-electron chi connectivity index (χ4n) is 4.33. The Bertz CT molecular complexity index is 1300. The third-order valence-corrected chi connectivity index (χ3v) is 7.23. The van der Waals surface area contributed by atoms with Crippen LogP contribution in [-0.4, -0.2) is 17.6 Å². The minimum atomic E-state index is -0.481. The van der Waals surface area contributed by atoms with Crippen molar-refractivity contribution in [2.45, 2.75) is 26.2 Å². The smallest absolute Gasteiger partial charge is 0.266 e. The van der Waals surface area contributed by atoms with Crippen LogP contribution in [-0.2, 0) is 12.8 Å². The average molecular weight is 426 g/mol. The molecule has 5 nitrogen and oxygen atoms in total. The predicted octanol–water partition coefficient (Wildman–Crippen LogP) is 4.78. The Kier molecular flexibility index (Phi) is 4.57. The molecule has 1 aliphatic carbocycles. The molecule has 2 amide bonds. The summed E-state index contributed by atoms with van der Waals surface area (Å²) in [7, 11) is 0. The van der Waals surface area contributed by atoms with Crippen LogP contribution in [0.3, 0.4) is 0 Å². The third kappa shape index (κ3) is 3.01. The molecular weight excluding hydrogens is 408 g/mol. The zero-order chi connectivity index (χ0) is 21.7. The molecule has 6 heteroatoms. The fourth-order valence-corrected chi connectivity index (χ4v) is 5.79. The summed E-state index contributed by atoms with van der Waals surface area (Å²) in [4.78, 5) is 41.4. The molecule has 0 N–H and O–H groups in total. The molecule has 2 heterocycles. The summed E-state index contributed by atoms with van der Waals surface area (Å²) in [6.45, 7) is 2.17. The minimum Gasteiger partial charge on any atom is -0.289 e. The van der Waals surface area contributed by atoms with Gasteiger partial charge in [0.2, 0.25) is 0 Å². The van der Waals surface area contributed by atoms with Crippen molar-refractivity contribution in [3.8, 4) is 6.07 Å². The second-order valence-corrected chi connectivity index (χ2v) is 9.13. The maximum Gasteiger partial charge on any atom is 0.266 e. The van der Waals surface area contributed by atoms with E-state index in [1.165, 1.54) is 23.5 Å². The van der Waals surface area contributed by atoms with Crippen LogP contribution >= 0.6 is 11.3 Å². The molecular formula is C25H18N2O3S. The van der Waals surface area contributed by atoms with E-state index in [4.69, 9.17) is 0 Å². The molecule has 2 aromatic carbocycles. The maximum atomic E-state index is 13.3. The highest BCUT2D eigenvalue weighted by atomic mass is 32.1. The van der Waals surface area contributed by atoms with Gasteiger partial charge in [-0.15, -0.1) is 11.3 Å². The normalized spacial score (nSPS) is 17.3. The Hall–Kier alpha value is -3.56. The van der Waals surface area contributed by atoms with Gasteiger partial charge >= 0.3 is 0 Å². The summed E-state index contributed by atoms with van der Waals surface area (Å²) in [5.41, 5.74) is 2.74. The van der Waals surface area contributed by atoms with Gasteiger partial charge in [0, 0.05) is 16.0 Å². The number of ketones is 1. The summed E-state index contributed by atoms with van der Waals surface area (Å²) in [6, 6.07) is 15.6. The van der Waals surface area contributed by atoms with Gasteiger partial charge in [-0.2, -0.15) is 5.26 Å². The summed E-state index contributed by atoms with van der Waals surface area (Å²) < 4.78 is 0. The van der Waals surface area contributed by atoms with Gasteiger partial charge in [-0.25, -0.2) is 4.90 Å². The van der Waals surface area contributed by atoms with Crippen molar-refractivity contribution in [1.82, 2.24) is 0 Å². The molecule has 152 valence electrons. The number of hydrogen-bond acceptors (Lipinski definition) is 5. The lowest BCUT2D eigenvalue weighted by molar-refractivity contribution is 0.0926. The largest absolute Gasteiger partial charge is 0.289 e. The molecule has 1 aliphatic heterocycles. The Labute approximate surface area is 183 Å². The van der Waals surface area contributed by atoms with Gasteiger partial charge in [-0.05, 0) is 42.9 Å². The summed E-state index contributed by atoms with van der Waals surface area (Å²) in [5.74, 6) is -0.618. The lowest BCUT2D eigenvalue weighted by Gasteiger charge is -2.17. The van der Waals surface area contributed by atoms with Crippen molar-refractivity contribution in [3.05, 3.63) is 86.8 Å². The van der Waals surface area contributed by atoms with E-state index in [1.54, 1.807) is 30.3 Å².